The highest BCUT2D eigenvalue weighted by atomic mass is 16.5. The van der Waals surface area contributed by atoms with E-state index < -0.39 is 0 Å². The van der Waals surface area contributed by atoms with Gasteiger partial charge in [-0.15, -0.1) is 0 Å². The number of piperidine rings is 1. The lowest BCUT2D eigenvalue weighted by atomic mass is 9.79. The zero-order valence-corrected chi connectivity index (χ0v) is 14.1. The summed E-state index contributed by atoms with van der Waals surface area (Å²) in [6, 6.07) is 0.218. The van der Waals surface area contributed by atoms with Gasteiger partial charge < -0.3 is 15.0 Å². The first-order valence-electron chi connectivity index (χ1n) is 7.85. The fraction of sp³-hybridized carbons (Fsp3) is 0.875. The van der Waals surface area contributed by atoms with Crippen LogP contribution in [0, 0.1) is 0 Å². The molecule has 0 aromatic carbocycles. The number of nitrogens with one attached hydrogen (secondary N) is 1. The third-order valence-electron chi connectivity index (χ3n) is 3.88. The normalized spacial score (nSPS) is 20.8. The fourth-order valence-electron chi connectivity index (χ4n) is 3.46. The van der Waals surface area contributed by atoms with Crippen LogP contribution < -0.4 is 5.32 Å². The number of amides is 1. The zero-order chi connectivity index (χ0) is 16.1. The van der Waals surface area contributed by atoms with E-state index in [0.29, 0.717) is 26.0 Å². The smallest absolute Gasteiger partial charge is 0.305 e. The summed E-state index contributed by atoms with van der Waals surface area (Å²) in [7, 11) is 0. The molecule has 1 aliphatic rings. The molecule has 1 fully saturated rings. The summed E-state index contributed by atoms with van der Waals surface area (Å²) in [6.45, 7) is 11.5. The van der Waals surface area contributed by atoms with Crippen LogP contribution in [0.2, 0.25) is 0 Å². The van der Waals surface area contributed by atoms with Crippen molar-refractivity contribution in [3.63, 3.8) is 0 Å². The first-order chi connectivity index (χ1) is 9.69. The molecule has 0 atom stereocenters. The molecule has 1 N–H and O–H groups in total. The number of ether oxygens (including phenoxy) is 1. The number of rotatable bonds is 7. The molecule has 1 saturated heterocycles. The Kier molecular flexibility index (Phi) is 6.20. The molecule has 0 radical (unpaired) electrons. The van der Waals surface area contributed by atoms with Gasteiger partial charge in [-0.1, -0.05) is 0 Å². The van der Waals surface area contributed by atoms with Gasteiger partial charge in [0, 0.05) is 30.1 Å². The molecular weight excluding hydrogens is 268 g/mol. The summed E-state index contributed by atoms with van der Waals surface area (Å²) in [5.74, 6) is -0.186. The summed E-state index contributed by atoms with van der Waals surface area (Å²) in [6.07, 6.45) is 3.80. The van der Waals surface area contributed by atoms with E-state index in [2.05, 4.69) is 33.0 Å². The van der Waals surface area contributed by atoms with Gasteiger partial charge >= 0.3 is 5.97 Å². The molecule has 0 bridgehead atoms. The van der Waals surface area contributed by atoms with E-state index in [1.165, 1.54) is 0 Å². The van der Waals surface area contributed by atoms with E-state index in [1.54, 1.807) is 6.92 Å². The molecule has 122 valence electrons. The number of carbonyl (C=O) groups is 2. The predicted molar refractivity (Wildman–Crippen MR) is 83.0 cm³/mol. The monoisotopic (exact) mass is 298 g/mol. The van der Waals surface area contributed by atoms with Crippen LogP contribution in [0.15, 0.2) is 0 Å². The maximum atomic E-state index is 11.4. The predicted octanol–water partition coefficient (Wildman–Crippen LogP) is 2.10. The summed E-state index contributed by atoms with van der Waals surface area (Å²) >= 11 is 0. The van der Waals surface area contributed by atoms with Crippen molar-refractivity contribution in [3.8, 4) is 0 Å². The Morgan fingerprint density at radius 1 is 1.29 bits per heavy atom. The van der Waals surface area contributed by atoms with Crippen molar-refractivity contribution in [1.29, 1.82) is 0 Å². The highest BCUT2D eigenvalue weighted by molar-refractivity contribution is 5.69. The van der Waals surface area contributed by atoms with Crippen LogP contribution in [0.1, 0.15) is 60.3 Å². The van der Waals surface area contributed by atoms with Crippen LogP contribution >= 0.6 is 0 Å². The van der Waals surface area contributed by atoms with Gasteiger partial charge in [-0.2, -0.15) is 0 Å². The maximum absolute atomic E-state index is 11.4. The minimum Gasteiger partial charge on any atom is -0.466 e. The summed E-state index contributed by atoms with van der Waals surface area (Å²) in [5.41, 5.74) is 0.0175. The Labute approximate surface area is 128 Å². The molecule has 1 heterocycles. The number of hydrogen-bond acceptors (Lipinski definition) is 4. The maximum Gasteiger partial charge on any atom is 0.305 e. The van der Waals surface area contributed by atoms with Crippen molar-refractivity contribution in [2.45, 2.75) is 77.4 Å². The van der Waals surface area contributed by atoms with Crippen molar-refractivity contribution in [2.24, 2.45) is 0 Å². The van der Waals surface area contributed by atoms with Gasteiger partial charge in [-0.25, -0.2) is 0 Å². The minimum atomic E-state index is -0.186. The van der Waals surface area contributed by atoms with Crippen LogP contribution in [-0.4, -0.2) is 47.6 Å². The topological polar surface area (TPSA) is 58.6 Å². The molecule has 0 aromatic rings. The molecule has 0 spiro atoms. The van der Waals surface area contributed by atoms with E-state index in [0.717, 1.165) is 19.3 Å². The highest BCUT2D eigenvalue weighted by Crippen LogP contribution is 2.31. The molecule has 5 nitrogen and oxygen atoms in total. The Morgan fingerprint density at radius 2 is 1.86 bits per heavy atom. The second-order valence-corrected chi connectivity index (χ2v) is 7.21. The van der Waals surface area contributed by atoms with E-state index >= 15 is 0 Å². The quantitative estimate of drug-likeness (QED) is 0.577. The first kappa shape index (κ1) is 18.0. The van der Waals surface area contributed by atoms with Crippen molar-refractivity contribution in [3.05, 3.63) is 0 Å². The van der Waals surface area contributed by atoms with Crippen molar-refractivity contribution in [2.75, 3.05) is 13.2 Å². The average Bonchev–Trinajstić information content (AvgIpc) is 2.31. The van der Waals surface area contributed by atoms with Gasteiger partial charge in [0.15, 0.2) is 0 Å². The Balaban J connectivity index is 2.55. The van der Waals surface area contributed by atoms with E-state index in [1.807, 2.05) is 4.90 Å². The largest absolute Gasteiger partial charge is 0.466 e. The second-order valence-electron chi connectivity index (χ2n) is 7.21. The average molecular weight is 298 g/mol. The van der Waals surface area contributed by atoms with Crippen LogP contribution in [-0.2, 0) is 14.3 Å². The summed E-state index contributed by atoms with van der Waals surface area (Å²) in [5, 5.41) is 3.62. The van der Waals surface area contributed by atoms with Crippen LogP contribution in [0.3, 0.4) is 0 Å². The van der Waals surface area contributed by atoms with E-state index in [9.17, 15) is 9.59 Å². The molecular formula is C16H30N2O3. The Bertz CT molecular complexity index is 351. The summed E-state index contributed by atoms with van der Waals surface area (Å²) < 4.78 is 4.91. The summed E-state index contributed by atoms with van der Waals surface area (Å²) in [4.78, 5) is 24.6. The SMILES string of the molecule is CCOC(=O)CCCN(C=O)C1CC(C)(C)NC(C)(C)C1. The number of nitrogens with zero attached hydrogens (tertiary/aromatic N) is 1. The van der Waals surface area contributed by atoms with Crippen molar-refractivity contribution < 1.29 is 14.3 Å². The van der Waals surface area contributed by atoms with Gasteiger partial charge in [-0.05, 0) is 53.9 Å². The lowest BCUT2D eigenvalue weighted by molar-refractivity contribution is -0.143. The minimum absolute atomic E-state index is 0.00875. The van der Waals surface area contributed by atoms with E-state index in [4.69, 9.17) is 4.74 Å². The number of hydrogen-bond donors (Lipinski definition) is 1. The Morgan fingerprint density at radius 3 is 2.33 bits per heavy atom. The molecule has 21 heavy (non-hydrogen) atoms. The lowest BCUT2D eigenvalue weighted by Crippen LogP contribution is -2.62. The van der Waals surface area contributed by atoms with Gasteiger partial charge in [0.05, 0.1) is 6.61 Å². The highest BCUT2D eigenvalue weighted by Gasteiger charge is 2.39. The number of carbonyl (C=O) groups excluding carboxylic acids is 2. The third kappa shape index (κ3) is 6.04. The number of esters is 1. The van der Waals surface area contributed by atoms with Crippen LogP contribution in [0.4, 0.5) is 0 Å². The van der Waals surface area contributed by atoms with Gasteiger partial charge in [0.1, 0.15) is 0 Å². The van der Waals surface area contributed by atoms with Gasteiger partial charge in [-0.3, -0.25) is 9.59 Å². The molecule has 1 rings (SSSR count). The molecule has 1 amide bonds. The van der Waals surface area contributed by atoms with Crippen molar-refractivity contribution in [1.82, 2.24) is 10.2 Å². The van der Waals surface area contributed by atoms with Crippen molar-refractivity contribution >= 4 is 12.4 Å². The van der Waals surface area contributed by atoms with Gasteiger partial charge in [0.25, 0.3) is 0 Å². The molecule has 1 aliphatic heterocycles. The van der Waals surface area contributed by atoms with Gasteiger partial charge in [0.2, 0.25) is 6.41 Å². The molecule has 0 aliphatic carbocycles. The lowest BCUT2D eigenvalue weighted by Gasteiger charge is -2.49. The van der Waals surface area contributed by atoms with Crippen LogP contribution in [0.5, 0.6) is 0 Å². The molecule has 5 heteroatoms. The molecule has 0 unspecified atom stereocenters. The second kappa shape index (κ2) is 7.25. The standard InChI is InChI=1S/C16H30N2O3/c1-6-21-14(20)8-7-9-18(12-19)13-10-15(2,3)17-16(4,5)11-13/h12-13,17H,6-11H2,1-5H3. The van der Waals surface area contributed by atoms with Crippen LogP contribution in [0.25, 0.3) is 0 Å². The van der Waals surface area contributed by atoms with E-state index in [-0.39, 0.29) is 23.1 Å². The zero-order valence-electron chi connectivity index (χ0n) is 14.1. The first-order valence-corrected chi connectivity index (χ1v) is 7.85. The molecule has 0 saturated carbocycles. The fourth-order valence-corrected chi connectivity index (χ4v) is 3.46. The molecule has 0 aromatic heterocycles. The third-order valence-corrected chi connectivity index (χ3v) is 3.88. The Hall–Kier alpha value is -1.10.